The molecule has 0 amide bonds. The number of aliphatic hydroxyl groups excluding tert-OH is 1. The Balaban J connectivity index is 1.52. The van der Waals surface area contributed by atoms with Crippen LogP contribution in [0.3, 0.4) is 0 Å². The fraction of sp³-hybridized carbons (Fsp3) is 0.929. The van der Waals surface area contributed by atoms with Gasteiger partial charge in [0.25, 0.3) is 0 Å². The minimum Gasteiger partial charge on any atom is -0.393 e. The zero-order valence-corrected chi connectivity index (χ0v) is 20.2. The fourth-order valence-corrected chi connectivity index (χ4v) is 8.97. The summed E-state index contributed by atoms with van der Waals surface area (Å²) in [7, 11) is 0. The Morgan fingerprint density at radius 3 is 2.38 bits per heavy atom. The first-order chi connectivity index (χ1) is 13.7. The molecule has 0 aliphatic heterocycles. The van der Waals surface area contributed by atoms with E-state index in [1.54, 1.807) is 0 Å². The molecule has 4 rings (SSSR count). The van der Waals surface area contributed by atoms with E-state index in [0.29, 0.717) is 22.7 Å². The molecule has 1 heteroatoms. The highest BCUT2D eigenvalue weighted by atomic mass is 16.3. The van der Waals surface area contributed by atoms with Gasteiger partial charge in [-0.2, -0.15) is 0 Å². The van der Waals surface area contributed by atoms with Crippen molar-refractivity contribution in [3.05, 3.63) is 11.6 Å². The molecular formula is C28H48O. The van der Waals surface area contributed by atoms with E-state index >= 15 is 0 Å². The van der Waals surface area contributed by atoms with Gasteiger partial charge in [-0.15, -0.1) is 0 Å². The van der Waals surface area contributed by atoms with E-state index in [1.165, 1.54) is 57.8 Å². The molecule has 0 aromatic carbocycles. The van der Waals surface area contributed by atoms with Gasteiger partial charge < -0.3 is 5.11 Å². The summed E-state index contributed by atoms with van der Waals surface area (Å²) in [6, 6.07) is 0. The van der Waals surface area contributed by atoms with Crippen LogP contribution in [0.5, 0.6) is 0 Å². The van der Waals surface area contributed by atoms with Crippen LogP contribution < -0.4 is 0 Å². The van der Waals surface area contributed by atoms with Crippen LogP contribution in [0.1, 0.15) is 106 Å². The van der Waals surface area contributed by atoms with Gasteiger partial charge >= 0.3 is 0 Å². The van der Waals surface area contributed by atoms with Crippen LogP contribution >= 0.6 is 0 Å². The molecule has 0 heterocycles. The molecule has 3 saturated carbocycles. The number of allylic oxidation sites excluding steroid dienone is 2. The summed E-state index contributed by atoms with van der Waals surface area (Å²) in [4.78, 5) is 0. The van der Waals surface area contributed by atoms with E-state index in [0.717, 1.165) is 36.0 Å². The van der Waals surface area contributed by atoms with Gasteiger partial charge in [-0.3, -0.25) is 0 Å². The molecule has 166 valence electrons. The Kier molecular flexibility index (Phi) is 6.04. The molecule has 0 unspecified atom stereocenters. The van der Waals surface area contributed by atoms with E-state index in [4.69, 9.17) is 0 Å². The largest absolute Gasteiger partial charge is 0.393 e. The van der Waals surface area contributed by atoms with Gasteiger partial charge in [0, 0.05) is 0 Å². The normalized spacial score (nSPS) is 47.9. The van der Waals surface area contributed by atoms with Gasteiger partial charge in [0.1, 0.15) is 0 Å². The van der Waals surface area contributed by atoms with Crippen LogP contribution in [0.2, 0.25) is 0 Å². The highest BCUT2D eigenvalue weighted by Gasteiger charge is 2.59. The maximum Gasteiger partial charge on any atom is 0.0568 e. The van der Waals surface area contributed by atoms with Crippen molar-refractivity contribution >= 4 is 0 Å². The van der Waals surface area contributed by atoms with Crippen molar-refractivity contribution < 1.29 is 5.11 Å². The average Bonchev–Trinajstić information content (AvgIpc) is 3.02. The zero-order valence-electron chi connectivity index (χ0n) is 20.2. The molecule has 0 radical (unpaired) electrons. The van der Waals surface area contributed by atoms with Crippen molar-refractivity contribution in [1.29, 1.82) is 0 Å². The molecule has 3 fully saturated rings. The second-order valence-corrected chi connectivity index (χ2v) is 12.7. The van der Waals surface area contributed by atoms with Crippen molar-refractivity contribution in [2.45, 2.75) is 112 Å². The third kappa shape index (κ3) is 3.56. The lowest BCUT2D eigenvalue weighted by atomic mass is 9.46. The maximum atomic E-state index is 10.5. The number of hydrogen-bond donors (Lipinski definition) is 1. The minimum absolute atomic E-state index is 0.0700. The van der Waals surface area contributed by atoms with Gasteiger partial charge in [-0.25, -0.2) is 0 Å². The number of rotatable bonds is 5. The average molecular weight is 401 g/mol. The fourth-order valence-electron chi connectivity index (χ4n) is 8.97. The molecule has 0 aromatic heterocycles. The van der Waals surface area contributed by atoms with Crippen molar-refractivity contribution in [2.75, 3.05) is 0 Å². The first-order valence-electron chi connectivity index (χ1n) is 13.1. The quantitative estimate of drug-likeness (QED) is 0.470. The van der Waals surface area contributed by atoms with Gasteiger partial charge in [-0.1, -0.05) is 72.5 Å². The van der Waals surface area contributed by atoms with Crippen molar-refractivity contribution in [1.82, 2.24) is 0 Å². The van der Waals surface area contributed by atoms with Crippen molar-refractivity contribution in [2.24, 2.45) is 52.3 Å². The Labute approximate surface area is 181 Å². The van der Waals surface area contributed by atoms with E-state index in [2.05, 4.69) is 47.6 Å². The predicted molar refractivity (Wildman–Crippen MR) is 124 cm³/mol. The third-order valence-electron chi connectivity index (χ3n) is 10.8. The molecule has 1 nitrogen and oxygen atoms in total. The van der Waals surface area contributed by atoms with Crippen molar-refractivity contribution in [3.8, 4) is 0 Å². The highest BCUT2D eigenvalue weighted by molar-refractivity contribution is 5.28. The summed E-state index contributed by atoms with van der Waals surface area (Å²) >= 11 is 0. The second-order valence-electron chi connectivity index (χ2n) is 12.7. The smallest absolute Gasteiger partial charge is 0.0568 e. The summed E-state index contributed by atoms with van der Waals surface area (Å²) in [5.74, 6) is 5.47. The van der Waals surface area contributed by atoms with Gasteiger partial charge in [0.2, 0.25) is 0 Å². The Morgan fingerprint density at radius 2 is 1.66 bits per heavy atom. The maximum absolute atomic E-state index is 10.5. The van der Waals surface area contributed by atoms with Crippen LogP contribution in [0, 0.1) is 52.3 Å². The van der Waals surface area contributed by atoms with Crippen molar-refractivity contribution in [3.63, 3.8) is 0 Å². The molecule has 29 heavy (non-hydrogen) atoms. The Bertz CT molecular complexity index is 620. The van der Waals surface area contributed by atoms with Gasteiger partial charge in [0.05, 0.1) is 6.10 Å². The second kappa shape index (κ2) is 7.99. The van der Waals surface area contributed by atoms with Crippen LogP contribution in [0.25, 0.3) is 0 Å². The molecule has 0 aromatic rings. The molecule has 4 aliphatic rings. The predicted octanol–water partition coefficient (Wildman–Crippen LogP) is 7.63. The lowest BCUT2D eigenvalue weighted by molar-refractivity contribution is -0.0773. The molecule has 1 N–H and O–H groups in total. The lowest BCUT2D eigenvalue weighted by Gasteiger charge is -2.59. The Hall–Kier alpha value is -0.300. The van der Waals surface area contributed by atoms with E-state index in [1.807, 2.05) is 5.57 Å². The number of hydrogen-bond acceptors (Lipinski definition) is 1. The first-order valence-corrected chi connectivity index (χ1v) is 13.1. The number of fused-ring (bicyclic) bond motifs is 5. The lowest BCUT2D eigenvalue weighted by Crippen LogP contribution is -2.52. The van der Waals surface area contributed by atoms with E-state index in [-0.39, 0.29) is 6.10 Å². The molecule has 0 bridgehead atoms. The van der Waals surface area contributed by atoms with Crippen LogP contribution in [-0.2, 0) is 0 Å². The summed E-state index contributed by atoms with van der Waals surface area (Å²) in [6.07, 6.45) is 16.1. The third-order valence-corrected chi connectivity index (χ3v) is 10.8. The van der Waals surface area contributed by atoms with Gasteiger partial charge in [0.15, 0.2) is 0 Å². The minimum atomic E-state index is -0.0700. The summed E-state index contributed by atoms with van der Waals surface area (Å²) in [5.41, 5.74) is 2.85. The monoisotopic (exact) mass is 400 g/mol. The summed E-state index contributed by atoms with van der Waals surface area (Å²) in [6.45, 7) is 14.9. The summed E-state index contributed by atoms with van der Waals surface area (Å²) in [5, 5.41) is 10.5. The van der Waals surface area contributed by atoms with E-state index < -0.39 is 0 Å². The number of aliphatic hydroxyl groups is 1. The SMILES string of the molecule is CC(C)CCC[C@@H](C)[C@@H]1CC[C@H]2C3=CC[C@@H]4[C@@H](C)[C@H](O)CC[C@@]4(C)[C@H]3CC[C@]21C. The zero-order chi connectivity index (χ0) is 21.0. The molecule has 0 spiro atoms. The highest BCUT2D eigenvalue weighted by Crippen LogP contribution is 2.67. The molecule has 9 atom stereocenters. The molecule has 0 saturated heterocycles. The summed E-state index contributed by atoms with van der Waals surface area (Å²) < 4.78 is 0. The van der Waals surface area contributed by atoms with Crippen LogP contribution in [0.4, 0.5) is 0 Å². The topological polar surface area (TPSA) is 20.2 Å². The first kappa shape index (κ1) is 21.9. The van der Waals surface area contributed by atoms with Gasteiger partial charge in [-0.05, 0) is 97.2 Å². The Morgan fingerprint density at radius 1 is 0.966 bits per heavy atom. The van der Waals surface area contributed by atoms with Crippen LogP contribution in [0.15, 0.2) is 11.6 Å². The molecular weight excluding hydrogens is 352 g/mol. The van der Waals surface area contributed by atoms with Crippen LogP contribution in [-0.4, -0.2) is 11.2 Å². The molecule has 4 aliphatic carbocycles. The standard InChI is InChI=1S/C28H48O/c1-18(2)8-7-9-19(3)22-12-13-24-21-10-11-23-20(4)26(29)15-17-28(23,6)25(21)14-16-27(22,24)5/h10,18-20,22-26,29H,7-9,11-17H2,1-6H3/t19-,20-,22+,23-,24+,25+,26-,27+,28-/m1/s1. The van der Waals surface area contributed by atoms with E-state index in [9.17, 15) is 5.11 Å².